The molecule has 110 valence electrons. The van der Waals surface area contributed by atoms with Gasteiger partial charge in [0, 0.05) is 5.02 Å². The monoisotopic (exact) mass is 335 g/mol. The molecule has 0 aliphatic carbocycles. The van der Waals surface area contributed by atoms with Gasteiger partial charge in [0.15, 0.2) is 6.29 Å². The highest BCUT2D eigenvalue weighted by Gasteiger charge is 2.34. The molecule has 1 heterocycles. The van der Waals surface area contributed by atoms with Gasteiger partial charge in [-0.15, -0.1) is 0 Å². The van der Waals surface area contributed by atoms with Crippen molar-refractivity contribution in [3.63, 3.8) is 0 Å². The van der Waals surface area contributed by atoms with Crippen LogP contribution < -0.4 is 5.32 Å². The number of rotatable bonds is 3. The van der Waals surface area contributed by atoms with Crippen LogP contribution in [0.25, 0.3) is 0 Å². The first-order valence-corrected chi connectivity index (χ1v) is 6.18. The summed E-state index contributed by atoms with van der Waals surface area (Å²) in [4.78, 5) is 18.2. The van der Waals surface area contributed by atoms with E-state index in [9.17, 15) is 18.0 Å². The lowest BCUT2D eigenvalue weighted by atomic mass is 10.1. The maximum Gasteiger partial charge on any atom is 0.418 e. The van der Waals surface area contributed by atoms with E-state index in [1.54, 1.807) is 0 Å². The molecule has 1 N–H and O–H groups in total. The van der Waals surface area contributed by atoms with Gasteiger partial charge in [-0.3, -0.25) is 4.79 Å². The van der Waals surface area contributed by atoms with E-state index in [2.05, 4.69) is 15.3 Å². The van der Waals surface area contributed by atoms with Crippen LogP contribution in [0.1, 0.15) is 15.9 Å². The number of aromatic nitrogens is 2. The minimum Gasteiger partial charge on any atom is -0.339 e. The fraction of sp³-hybridized carbons (Fsp3) is 0.0833. The molecule has 21 heavy (non-hydrogen) atoms. The van der Waals surface area contributed by atoms with Gasteiger partial charge < -0.3 is 5.32 Å². The molecule has 0 unspecified atom stereocenters. The minimum absolute atomic E-state index is 0.0656. The second kappa shape index (κ2) is 5.87. The predicted molar refractivity (Wildman–Crippen MR) is 72.2 cm³/mol. The van der Waals surface area contributed by atoms with Crippen LogP contribution in [0.2, 0.25) is 10.2 Å². The molecule has 0 atom stereocenters. The van der Waals surface area contributed by atoms with Gasteiger partial charge in [-0.1, -0.05) is 23.2 Å². The van der Waals surface area contributed by atoms with Gasteiger partial charge in [0.05, 0.1) is 16.8 Å². The molecule has 4 nitrogen and oxygen atoms in total. The maximum absolute atomic E-state index is 13.0. The van der Waals surface area contributed by atoms with Crippen molar-refractivity contribution in [3.05, 3.63) is 45.8 Å². The van der Waals surface area contributed by atoms with Gasteiger partial charge in [-0.25, -0.2) is 9.97 Å². The quantitative estimate of drug-likeness (QED) is 0.668. The van der Waals surface area contributed by atoms with Crippen LogP contribution in [-0.4, -0.2) is 16.3 Å². The first-order chi connectivity index (χ1) is 9.82. The average Bonchev–Trinajstić information content (AvgIpc) is 2.40. The number of carbonyl (C=O) groups is 1. The van der Waals surface area contributed by atoms with Crippen LogP contribution in [-0.2, 0) is 6.18 Å². The Morgan fingerprint density at radius 2 is 1.90 bits per heavy atom. The lowest BCUT2D eigenvalue weighted by Crippen LogP contribution is -2.10. The summed E-state index contributed by atoms with van der Waals surface area (Å²) in [5.74, 6) is -0.127. The molecule has 0 saturated carbocycles. The van der Waals surface area contributed by atoms with Crippen molar-refractivity contribution in [2.45, 2.75) is 6.18 Å². The number of hydrogen-bond acceptors (Lipinski definition) is 4. The zero-order valence-electron chi connectivity index (χ0n) is 10.1. The van der Waals surface area contributed by atoms with E-state index < -0.39 is 11.7 Å². The standard InChI is InChI=1S/C12H6Cl2F3N3O/c13-6-1-2-9(8(3-6)12(15,16)17)20-11-7(4-21)10(14)18-5-19-11/h1-5H,(H,18,19,20). The van der Waals surface area contributed by atoms with Crippen molar-refractivity contribution in [1.29, 1.82) is 0 Å². The van der Waals surface area contributed by atoms with E-state index >= 15 is 0 Å². The van der Waals surface area contributed by atoms with Gasteiger partial charge >= 0.3 is 6.18 Å². The summed E-state index contributed by atoms with van der Waals surface area (Å²) in [5.41, 5.74) is -1.42. The predicted octanol–water partition coefficient (Wildman–Crippen LogP) is 4.36. The number of nitrogens with one attached hydrogen (secondary N) is 1. The summed E-state index contributed by atoms with van der Waals surface area (Å²) in [5, 5.41) is 2.19. The molecule has 0 amide bonds. The van der Waals surface area contributed by atoms with E-state index in [0.717, 1.165) is 18.5 Å². The molecular weight excluding hydrogens is 330 g/mol. The summed E-state index contributed by atoms with van der Waals surface area (Å²) < 4.78 is 38.9. The number of aldehydes is 1. The van der Waals surface area contributed by atoms with Crippen LogP contribution in [0.3, 0.4) is 0 Å². The summed E-state index contributed by atoms with van der Waals surface area (Å²) in [6, 6.07) is 3.19. The molecule has 2 rings (SSSR count). The fourth-order valence-electron chi connectivity index (χ4n) is 1.57. The largest absolute Gasteiger partial charge is 0.418 e. The van der Waals surface area contributed by atoms with E-state index in [0.29, 0.717) is 6.29 Å². The zero-order valence-corrected chi connectivity index (χ0v) is 11.6. The number of anilines is 2. The molecule has 0 radical (unpaired) electrons. The van der Waals surface area contributed by atoms with Gasteiger partial charge in [-0.05, 0) is 18.2 Å². The van der Waals surface area contributed by atoms with E-state index in [4.69, 9.17) is 23.2 Å². The second-order valence-electron chi connectivity index (χ2n) is 3.86. The number of benzene rings is 1. The Morgan fingerprint density at radius 1 is 1.19 bits per heavy atom. The van der Waals surface area contributed by atoms with Crippen molar-refractivity contribution >= 4 is 41.0 Å². The highest BCUT2D eigenvalue weighted by molar-refractivity contribution is 6.32. The molecule has 9 heteroatoms. The molecule has 1 aromatic heterocycles. The molecule has 0 bridgehead atoms. The third-order valence-electron chi connectivity index (χ3n) is 2.49. The molecule has 0 fully saturated rings. The third kappa shape index (κ3) is 3.43. The Hall–Kier alpha value is -1.86. The Kier molecular flexibility index (Phi) is 4.34. The molecule has 0 aliphatic heterocycles. The van der Waals surface area contributed by atoms with Crippen LogP contribution in [0.4, 0.5) is 24.7 Å². The number of nitrogens with zero attached hydrogens (tertiary/aromatic N) is 2. The van der Waals surface area contributed by atoms with Crippen molar-refractivity contribution in [2.24, 2.45) is 0 Å². The van der Waals surface area contributed by atoms with E-state index in [1.807, 2.05) is 0 Å². The van der Waals surface area contributed by atoms with Crippen LogP contribution >= 0.6 is 23.2 Å². The summed E-state index contributed by atoms with van der Waals surface area (Å²) in [7, 11) is 0. The smallest absolute Gasteiger partial charge is 0.339 e. The molecule has 0 spiro atoms. The van der Waals surface area contributed by atoms with Gasteiger partial charge in [-0.2, -0.15) is 13.2 Å². The Balaban J connectivity index is 2.50. The SMILES string of the molecule is O=Cc1c(Cl)ncnc1Nc1ccc(Cl)cc1C(F)(F)F. The van der Waals surface area contributed by atoms with Crippen molar-refractivity contribution < 1.29 is 18.0 Å². The minimum atomic E-state index is -4.62. The first-order valence-electron chi connectivity index (χ1n) is 5.42. The number of carbonyl (C=O) groups excluding carboxylic acids is 1. The maximum atomic E-state index is 13.0. The van der Waals surface area contributed by atoms with Crippen molar-refractivity contribution in [1.82, 2.24) is 9.97 Å². The average molecular weight is 336 g/mol. The van der Waals surface area contributed by atoms with E-state index in [-0.39, 0.29) is 27.2 Å². The Bertz CT molecular complexity index is 692. The summed E-state index contributed by atoms with van der Waals surface area (Å²) in [6.07, 6.45) is -3.24. The highest BCUT2D eigenvalue weighted by Crippen LogP contribution is 2.37. The van der Waals surface area contributed by atoms with Gasteiger partial charge in [0.1, 0.15) is 17.3 Å². The Morgan fingerprint density at radius 3 is 2.52 bits per heavy atom. The summed E-state index contributed by atoms with van der Waals surface area (Å²) in [6.45, 7) is 0. The van der Waals surface area contributed by atoms with Gasteiger partial charge in [0.25, 0.3) is 0 Å². The number of hydrogen-bond donors (Lipinski definition) is 1. The Labute approximate surface area is 126 Å². The molecule has 0 aliphatic rings. The molecular formula is C12H6Cl2F3N3O. The van der Waals surface area contributed by atoms with Crippen molar-refractivity contribution in [2.75, 3.05) is 5.32 Å². The molecule has 1 aromatic carbocycles. The van der Waals surface area contributed by atoms with Crippen molar-refractivity contribution in [3.8, 4) is 0 Å². The number of alkyl halides is 3. The second-order valence-corrected chi connectivity index (χ2v) is 4.65. The zero-order chi connectivity index (χ0) is 15.6. The topological polar surface area (TPSA) is 54.9 Å². The molecule has 0 saturated heterocycles. The third-order valence-corrected chi connectivity index (χ3v) is 3.03. The van der Waals surface area contributed by atoms with E-state index in [1.165, 1.54) is 6.07 Å². The van der Waals surface area contributed by atoms with Crippen LogP contribution in [0, 0.1) is 0 Å². The molecule has 2 aromatic rings. The van der Waals surface area contributed by atoms with Crippen LogP contribution in [0.15, 0.2) is 24.5 Å². The summed E-state index contributed by atoms with van der Waals surface area (Å²) >= 11 is 11.3. The first kappa shape index (κ1) is 15.5. The van der Waals surface area contributed by atoms with Crippen LogP contribution in [0.5, 0.6) is 0 Å². The normalized spacial score (nSPS) is 11.3. The lowest BCUT2D eigenvalue weighted by molar-refractivity contribution is -0.136. The lowest BCUT2D eigenvalue weighted by Gasteiger charge is -2.15. The highest BCUT2D eigenvalue weighted by atomic mass is 35.5. The fourth-order valence-corrected chi connectivity index (χ4v) is 1.92. The number of halogens is 5. The van der Waals surface area contributed by atoms with Gasteiger partial charge in [0.2, 0.25) is 0 Å².